The van der Waals surface area contributed by atoms with Crippen LogP contribution in [0.5, 0.6) is 5.75 Å². The van der Waals surface area contributed by atoms with Crippen LogP contribution in [0.3, 0.4) is 0 Å². The van der Waals surface area contributed by atoms with Crippen molar-refractivity contribution in [2.75, 3.05) is 13.7 Å². The molecule has 24 heavy (non-hydrogen) atoms. The number of nitrogens with zero attached hydrogens (tertiary/aromatic N) is 1. The first-order valence-corrected chi connectivity index (χ1v) is 8.38. The van der Waals surface area contributed by atoms with Gasteiger partial charge in [0.2, 0.25) is 5.91 Å². The lowest BCUT2D eigenvalue weighted by Gasteiger charge is -2.09. The predicted molar refractivity (Wildman–Crippen MR) is 94.1 cm³/mol. The quantitative estimate of drug-likeness (QED) is 0.717. The molecular weight excluding hydrogens is 324 g/mol. The molecule has 5 nitrogen and oxygen atoms in total. The summed E-state index contributed by atoms with van der Waals surface area (Å²) in [6.45, 7) is 0.750. The lowest BCUT2D eigenvalue weighted by molar-refractivity contribution is -0.126. The fourth-order valence-corrected chi connectivity index (χ4v) is 3.21. The average molecular weight is 342 g/mol. The number of thiazole rings is 1. The van der Waals surface area contributed by atoms with Gasteiger partial charge < -0.3 is 14.8 Å². The molecule has 2 aromatic carbocycles. The summed E-state index contributed by atoms with van der Waals surface area (Å²) in [5.41, 5.74) is 1.89. The van der Waals surface area contributed by atoms with Crippen LogP contribution in [0.15, 0.2) is 48.5 Å². The molecule has 0 spiro atoms. The highest BCUT2D eigenvalue weighted by Gasteiger charge is 2.07. The Bertz CT molecular complexity index is 799. The van der Waals surface area contributed by atoms with Crippen molar-refractivity contribution < 1.29 is 14.3 Å². The van der Waals surface area contributed by atoms with Crippen molar-refractivity contribution in [1.29, 1.82) is 0 Å². The van der Waals surface area contributed by atoms with Gasteiger partial charge in [-0.25, -0.2) is 4.98 Å². The fourth-order valence-electron chi connectivity index (χ4n) is 2.31. The minimum Gasteiger partial charge on any atom is -0.496 e. The van der Waals surface area contributed by atoms with Crippen molar-refractivity contribution in [2.45, 2.75) is 13.2 Å². The van der Waals surface area contributed by atoms with Crippen LogP contribution in [0.1, 0.15) is 10.6 Å². The van der Waals surface area contributed by atoms with Gasteiger partial charge in [-0.1, -0.05) is 30.3 Å². The van der Waals surface area contributed by atoms with Crippen LogP contribution in [-0.2, 0) is 22.7 Å². The summed E-state index contributed by atoms with van der Waals surface area (Å²) in [7, 11) is 1.61. The average Bonchev–Trinajstić information content (AvgIpc) is 3.03. The second-order valence-corrected chi connectivity index (χ2v) is 6.27. The Morgan fingerprint density at radius 2 is 1.96 bits per heavy atom. The number of methoxy groups -OCH3 is 1. The minimum atomic E-state index is -0.165. The maximum atomic E-state index is 11.9. The Morgan fingerprint density at radius 3 is 2.79 bits per heavy atom. The van der Waals surface area contributed by atoms with Gasteiger partial charge >= 0.3 is 0 Å². The van der Waals surface area contributed by atoms with E-state index < -0.39 is 0 Å². The number of benzene rings is 2. The van der Waals surface area contributed by atoms with E-state index in [4.69, 9.17) is 9.47 Å². The second kappa shape index (κ2) is 7.90. The van der Waals surface area contributed by atoms with Crippen molar-refractivity contribution >= 4 is 27.5 Å². The van der Waals surface area contributed by atoms with Crippen LogP contribution in [0.4, 0.5) is 0 Å². The number of hydrogen-bond acceptors (Lipinski definition) is 5. The third kappa shape index (κ3) is 4.10. The Balaban J connectivity index is 1.45. The van der Waals surface area contributed by atoms with Crippen LogP contribution in [-0.4, -0.2) is 24.6 Å². The summed E-state index contributed by atoms with van der Waals surface area (Å²) in [5, 5.41) is 3.69. The summed E-state index contributed by atoms with van der Waals surface area (Å²) < 4.78 is 11.8. The van der Waals surface area contributed by atoms with E-state index in [-0.39, 0.29) is 12.5 Å². The molecule has 0 atom stereocenters. The summed E-state index contributed by atoms with van der Waals surface area (Å²) >= 11 is 1.58. The molecule has 0 radical (unpaired) electrons. The van der Waals surface area contributed by atoms with E-state index in [1.54, 1.807) is 18.4 Å². The molecule has 0 aliphatic rings. The number of amides is 1. The summed E-state index contributed by atoms with van der Waals surface area (Å²) in [6.07, 6.45) is 0. The number of aromatic nitrogens is 1. The van der Waals surface area contributed by atoms with Crippen LogP contribution in [0.2, 0.25) is 0 Å². The predicted octanol–water partition coefficient (Wildman–Crippen LogP) is 3.14. The van der Waals surface area contributed by atoms with Gasteiger partial charge in [-0.2, -0.15) is 0 Å². The van der Waals surface area contributed by atoms with Crippen molar-refractivity contribution in [3.63, 3.8) is 0 Å². The van der Waals surface area contributed by atoms with E-state index in [0.29, 0.717) is 13.2 Å². The minimum absolute atomic E-state index is 0.00503. The number of ether oxygens (including phenoxy) is 2. The molecule has 1 N–H and O–H groups in total. The second-order valence-electron chi connectivity index (χ2n) is 5.16. The molecule has 3 aromatic rings. The summed E-state index contributed by atoms with van der Waals surface area (Å²) in [6, 6.07) is 15.5. The molecule has 0 unspecified atom stereocenters. The number of rotatable bonds is 7. The molecule has 6 heteroatoms. The molecule has 3 rings (SSSR count). The zero-order valence-electron chi connectivity index (χ0n) is 13.3. The maximum absolute atomic E-state index is 11.9. The lowest BCUT2D eigenvalue weighted by Crippen LogP contribution is -2.27. The highest BCUT2D eigenvalue weighted by atomic mass is 32.1. The molecule has 1 amide bonds. The van der Waals surface area contributed by atoms with Gasteiger partial charge in [0.1, 0.15) is 17.4 Å². The van der Waals surface area contributed by atoms with E-state index in [1.165, 1.54) is 0 Å². The van der Waals surface area contributed by atoms with Crippen molar-refractivity contribution in [2.24, 2.45) is 0 Å². The fraction of sp³-hybridized carbons (Fsp3) is 0.222. The Hall–Kier alpha value is -2.44. The summed E-state index contributed by atoms with van der Waals surface area (Å²) in [4.78, 5) is 16.4. The number of carbonyl (C=O) groups is 1. The molecule has 0 saturated carbocycles. The highest BCUT2D eigenvalue weighted by molar-refractivity contribution is 7.18. The topological polar surface area (TPSA) is 60.5 Å². The molecule has 1 aromatic heterocycles. The Kier molecular flexibility index (Phi) is 5.40. The van der Waals surface area contributed by atoms with Crippen LogP contribution in [0.25, 0.3) is 10.2 Å². The number of carbonyl (C=O) groups excluding carboxylic acids is 1. The van der Waals surface area contributed by atoms with Gasteiger partial charge in [-0.15, -0.1) is 11.3 Å². The SMILES string of the molecule is COc1ccccc1CNC(=O)COCc1nc2ccccc2s1. The number of fused-ring (bicyclic) bond motifs is 1. The first-order chi connectivity index (χ1) is 11.8. The lowest BCUT2D eigenvalue weighted by atomic mass is 10.2. The Labute approximate surface area is 144 Å². The van der Waals surface area contributed by atoms with E-state index in [0.717, 1.165) is 26.5 Å². The zero-order chi connectivity index (χ0) is 16.8. The van der Waals surface area contributed by atoms with Gasteiger partial charge in [-0.05, 0) is 18.2 Å². The van der Waals surface area contributed by atoms with E-state index in [2.05, 4.69) is 10.3 Å². The molecule has 0 bridgehead atoms. The third-order valence-corrected chi connectivity index (χ3v) is 4.48. The number of nitrogens with one attached hydrogen (secondary N) is 1. The number of hydrogen-bond donors (Lipinski definition) is 1. The molecular formula is C18H18N2O3S. The van der Waals surface area contributed by atoms with Gasteiger partial charge in [0.05, 0.1) is 23.9 Å². The Morgan fingerprint density at radius 1 is 1.17 bits per heavy atom. The van der Waals surface area contributed by atoms with Crippen LogP contribution >= 0.6 is 11.3 Å². The van der Waals surface area contributed by atoms with Gasteiger partial charge in [0.25, 0.3) is 0 Å². The van der Waals surface area contributed by atoms with E-state index in [9.17, 15) is 4.79 Å². The van der Waals surface area contributed by atoms with Crippen LogP contribution < -0.4 is 10.1 Å². The van der Waals surface area contributed by atoms with E-state index >= 15 is 0 Å². The van der Waals surface area contributed by atoms with Gasteiger partial charge in [0.15, 0.2) is 0 Å². The first kappa shape index (κ1) is 16.4. The molecule has 1 heterocycles. The van der Waals surface area contributed by atoms with Gasteiger partial charge in [-0.3, -0.25) is 4.79 Å². The molecule has 0 aliphatic heterocycles. The third-order valence-electron chi connectivity index (χ3n) is 3.47. The van der Waals surface area contributed by atoms with Crippen LogP contribution in [0, 0.1) is 0 Å². The smallest absolute Gasteiger partial charge is 0.246 e. The molecule has 0 fully saturated rings. The summed E-state index contributed by atoms with van der Waals surface area (Å²) in [5.74, 6) is 0.593. The monoisotopic (exact) mass is 342 g/mol. The number of para-hydroxylation sites is 2. The molecule has 0 saturated heterocycles. The van der Waals surface area contributed by atoms with Gasteiger partial charge in [0, 0.05) is 12.1 Å². The largest absolute Gasteiger partial charge is 0.496 e. The highest BCUT2D eigenvalue weighted by Crippen LogP contribution is 2.22. The van der Waals surface area contributed by atoms with E-state index in [1.807, 2.05) is 48.5 Å². The first-order valence-electron chi connectivity index (χ1n) is 7.57. The maximum Gasteiger partial charge on any atom is 0.246 e. The van der Waals surface area contributed by atoms with Crippen molar-refractivity contribution in [1.82, 2.24) is 10.3 Å². The van der Waals surface area contributed by atoms with Crippen molar-refractivity contribution in [3.8, 4) is 5.75 Å². The molecule has 124 valence electrons. The zero-order valence-corrected chi connectivity index (χ0v) is 14.1. The standard InChI is InChI=1S/C18H18N2O3S/c1-22-15-8-4-2-6-13(15)10-19-17(21)11-23-12-18-20-14-7-3-5-9-16(14)24-18/h2-9H,10-12H2,1H3,(H,19,21). The molecule has 0 aliphatic carbocycles. The van der Waals surface area contributed by atoms with Crippen molar-refractivity contribution in [3.05, 3.63) is 59.1 Å². The normalized spacial score (nSPS) is 10.7.